The van der Waals surface area contributed by atoms with Crippen molar-refractivity contribution in [1.82, 2.24) is 9.97 Å². The van der Waals surface area contributed by atoms with Crippen LogP contribution < -0.4 is 16.2 Å². The fourth-order valence-electron chi connectivity index (χ4n) is 2.29. The summed E-state index contributed by atoms with van der Waals surface area (Å²) in [5.41, 5.74) is 13.5. The molecule has 3 rings (SSSR count). The topological polar surface area (TPSA) is 104 Å². The number of hydrogen-bond acceptors (Lipinski definition) is 5. The van der Waals surface area contributed by atoms with Crippen LogP contribution in [0.25, 0.3) is 11.3 Å². The number of ether oxygens (including phenoxy) is 1. The quantitative estimate of drug-likeness (QED) is 0.845. The second-order valence-corrected chi connectivity index (χ2v) is 4.63. The van der Waals surface area contributed by atoms with Gasteiger partial charge in [0.2, 0.25) is 0 Å². The lowest BCUT2D eigenvalue weighted by Crippen LogP contribution is -2.24. The van der Waals surface area contributed by atoms with Crippen LogP contribution in [0.5, 0.6) is 5.75 Å². The number of carbonyl (C=O) groups excluding carboxylic acids is 1. The van der Waals surface area contributed by atoms with Crippen molar-refractivity contribution in [3.63, 3.8) is 0 Å². The summed E-state index contributed by atoms with van der Waals surface area (Å²) in [4.78, 5) is 19.4. The van der Waals surface area contributed by atoms with Gasteiger partial charge in [-0.25, -0.2) is 4.98 Å². The summed E-state index contributed by atoms with van der Waals surface area (Å²) in [6.45, 7) is 0.459. The first-order valence-electron chi connectivity index (χ1n) is 6.30. The van der Waals surface area contributed by atoms with Crippen LogP contribution in [0.3, 0.4) is 0 Å². The summed E-state index contributed by atoms with van der Waals surface area (Å²) in [5.74, 6) is 0.159. The van der Waals surface area contributed by atoms with Crippen LogP contribution in [0.2, 0.25) is 0 Å². The first-order valence-corrected chi connectivity index (χ1v) is 6.30. The number of nitrogens with zero attached hydrogens (tertiary/aromatic N) is 2. The van der Waals surface area contributed by atoms with E-state index >= 15 is 0 Å². The maximum absolute atomic E-state index is 11.2. The van der Waals surface area contributed by atoms with Gasteiger partial charge in [-0.3, -0.25) is 9.78 Å². The summed E-state index contributed by atoms with van der Waals surface area (Å²) >= 11 is 0. The molecule has 0 spiro atoms. The highest BCUT2D eigenvalue weighted by Crippen LogP contribution is 2.37. The summed E-state index contributed by atoms with van der Waals surface area (Å²) < 4.78 is 5.83. The van der Waals surface area contributed by atoms with Gasteiger partial charge < -0.3 is 16.2 Å². The third-order valence-electron chi connectivity index (χ3n) is 3.25. The lowest BCUT2D eigenvalue weighted by atomic mass is 10.0. The fourth-order valence-corrected chi connectivity index (χ4v) is 2.29. The van der Waals surface area contributed by atoms with E-state index in [4.69, 9.17) is 16.2 Å². The zero-order valence-corrected chi connectivity index (χ0v) is 10.7. The lowest BCUT2D eigenvalue weighted by Gasteiger charge is -2.10. The highest BCUT2D eigenvalue weighted by molar-refractivity contribution is 5.91. The normalized spacial score (nSPS) is 16.6. The predicted molar refractivity (Wildman–Crippen MR) is 73.2 cm³/mol. The first kappa shape index (κ1) is 12.6. The van der Waals surface area contributed by atoms with Crippen molar-refractivity contribution in [2.45, 2.75) is 12.5 Å². The van der Waals surface area contributed by atoms with E-state index in [-0.39, 0.29) is 11.8 Å². The van der Waals surface area contributed by atoms with E-state index in [9.17, 15) is 4.79 Å². The molecule has 1 aliphatic rings. The molecule has 0 fully saturated rings. The van der Waals surface area contributed by atoms with Gasteiger partial charge in [-0.1, -0.05) is 12.1 Å². The second kappa shape index (κ2) is 4.90. The Labute approximate surface area is 115 Å². The standard InChI is InChI=1S/C14H14N4O2/c15-5-9-4-8-2-1-3-10(13(8)20-9)11-6-17-7-12(18-11)14(16)19/h1-3,6-7,9H,4-5,15H2,(H2,16,19). The van der Waals surface area contributed by atoms with E-state index in [2.05, 4.69) is 9.97 Å². The molecule has 1 aromatic carbocycles. The van der Waals surface area contributed by atoms with Crippen molar-refractivity contribution in [2.75, 3.05) is 6.54 Å². The van der Waals surface area contributed by atoms with Crippen molar-refractivity contribution in [2.24, 2.45) is 11.5 Å². The van der Waals surface area contributed by atoms with E-state index in [1.54, 1.807) is 6.20 Å². The Kier molecular flexibility index (Phi) is 3.08. The molecule has 6 nitrogen and oxygen atoms in total. The number of nitrogens with two attached hydrogens (primary N) is 2. The zero-order chi connectivity index (χ0) is 14.1. The van der Waals surface area contributed by atoms with Gasteiger partial charge in [0.25, 0.3) is 5.91 Å². The molecule has 0 saturated carbocycles. The maximum Gasteiger partial charge on any atom is 0.268 e. The van der Waals surface area contributed by atoms with Crippen molar-refractivity contribution in [3.8, 4) is 17.0 Å². The molecule has 2 heterocycles. The number of benzene rings is 1. The average Bonchev–Trinajstić information content (AvgIpc) is 2.90. The van der Waals surface area contributed by atoms with Crippen LogP contribution in [0.1, 0.15) is 16.1 Å². The molecule has 0 aliphatic carbocycles. The van der Waals surface area contributed by atoms with Gasteiger partial charge in [0.1, 0.15) is 17.5 Å². The summed E-state index contributed by atoms with van der Waals surface area (Å²) in [5, 5.41) is 0. The van der Waals surface area contributed by atoms with Crippen molar-refractivity contribution in [1.29, 1.82) is 0 Å². The molecular weight excluding hydrogens is 256 g/mol. The van der Waals surface area contributed by atoms with Crippen LogP contribution in [0.4, 0.5) is 0 Å². The molecule has 102 valence electrons. The average molecular weight is 270 g/mol. The number of para-hydroxylation sites is 1. The molecular formula is C14H14N4O2. The van der Waals surface area contributed by atoms with Crippen molar-refractivity contribution >= 4 is 5.91 Å². The molecule has 1 unspecified atom stereocenters. The third kappa shape index (κ3) is 2.10. The number of primary amides is 1. The molecule has 0 bridgehead atoms. The van der Waals surface area contributed by atoms with Crippen LogP contribution in [0.15, 0.2) is 30.6 Å². The Hall–Kier alpha value is -2.47. The van der Waals surface area contributed by atoms with E-state index < -0.39 is 5.91 Å². The SMILES string of the molecule is NCC1Cc2cccc(-c3cncc(C(N)=O)n3)c2O1. The van der Waals surface area contributed by atoms with E-state index in [0.717, 1.165) is 23.3 Å². The number of amides is 1. The minimum atomic E-state index is -0.604. The molecule has 6 heteroatoms. The largest absolute Gasteiger partial charge is 0.488 e. The summed E-state index contributed by atoms with van der Waals surface area (Å²) in [6.07, 6.45) is 3.70. The fraction of sp³-hybridized carbons (Fsp3) is 0.214. The molecule has 0 radical (unpaired) electrons. The second-order valence-electron chi connectivity index (χ2n) is 4.63. The molecule has 0 saturated heterocycles. The van der Waals surface area contributed by atoms with Gasteiger partial charge in [-0.15, -0.1) is 0 Å². The smallest absolute Gasteiger partial charge is 0.268 e. The predicted octanol–water partition coefficient (Wildman–Crippen LogP) is 0.505. The first-order chi connectivity index (χ1) is 9.69. The summed E-state index contributed by atoms with van der Waals surface area (Å²) in [6, 6.07) is 5.81. The minimum absolute atomic E-state index is 0.0153. The van der Waals surface area contributed by atoms with Gasteiger partial charge in [0.15, 0.2) is 0 Å². The highest BCUT2D eigenvalue weighted by Gasteiger charge is 2.25. The van der Waals surface area contributed by atoms with Gasteiger partial charge in [-0.05, 0) is 11.6 Å². The Morgan fingerprint density at radius 2 is 2.25 bits per heavy atom. The molecule has 1 aliphatic heterocycles. The van der Waals surface area contributed by atoms with Crippen molar-refractivity contribution in [3.05, 3.63) is 41.9 Å². The Morgan fingerprint density at radius 1 is 1.40 bits per heavy atom. The molecule has 1 aromatic heterocycles. The number of rotatable bonds is 3. The van der Waals surface area contributed by atoms with Gasteiger partial charge >= 0.3 is 0 Å². The molecule has 2 aromatic rings. The lowest BCUT2D eigenvalue weighted by molar-refractivity contribution is 0.0995. The minimum Gasteiger partial charge on any atom is -0.488 e. The van der Waals surface area contributed by atoms with Gasteiger partial charge in [-0.2, -0.15) is 0 Å². The number of aromatic nitrogens is 2. The highest BCUT2D eigenvalue weighted by atomic mass is 16.5. The summed E-state index contributed by atoms with van der Waals surface area (Å²) in [7, 11) is 0. The molecule has 1 atom stereocenters. The Balaban J connectivity index is 2.06. The van der Waals surface area contributed by atoms with Gasteiger partial charge in [0.05, 0.1) is 18.1 Å². The van der Waals surface area contributed by atoms with E-state index in [1.807, 2.05) is 18.2 Å². The van der Waals surface area contributed by atoms with E-state index in [1.165, 1.54) is 6.20 Å². The number of fused-ring (bicyclic) bond motifs is 1. The van der Waals surface area contributed by atoms with Gasteiger partial charge in [0, 0.05) is 18.5 Å². The Bertz CT molecular complexity index is 672. The van der Waals surface area contributed by atoms with Crippen LogP contribution in [-0.4, -0.2) is 28.5 Å². The maximum atomic E-state index is 11.2. The van der Waals surface area contributed by atoms with E-state index in [0.29, 0.717) is 12.2 Å². The number of carbonyl (C=O) groups is 1. The number of hydrogen-bond donors (Lipinski definition) is 2. The van der Waals surface area contributed by atoms with Crippen molar-refractivity contribution < 1.29 is 9.53 Å². The van der Waals surface area contributed by atoms with Crippen LogP contribution >= 0.6 is 0 Å². The van der Waals surface area contributed by atoms with Crippen LogP contribution in [-0.2, 0) is 6.42 Å². The molecule has 20 heavy (non-hydrogen) atoms. The van der Waals surface area contributed by atoms with Crippen LogP contribution in [0, 0.1) is 0 Å². The zero-order valence-electron chi connectivity index (χ0n) is 10.7. The Morgan fingerprint density at radius 3 is 3.00 bits per heavy atom. The monoisotopic (exact) mass is 270 g/mol. The molecule has 4 N–H and O–H groups in total. The third-order valence-corrected chi connectivity index (χ3v) is 3.25. The molecule has 1 amide bonds.